The van der Waals surface area contributed by atoms with Crippen LogP contribution in [0.5, 0.6) is 0 Å². The van der Waals surface area contributed by atoms with Crippen molar-refractivity contribution in [3.63, 3.8) is 0 Å². The van der Waals surface area contributed by atoms with Gasteiger partial charge in [0, 0.05) is 17.8 Å². The molecule has 0 N–H and O–H groups in total. The molecular weight excluding hydrogens is 210 g/mol. The first-order valence-corrected chi connectivity index (χ1v) is 4.52. The lowest BCUT2D eigenvalue weighted by molar-refractivity contribution is 1.35. The Labute approximate surface area is 70.8 Å². The lowest BCUT2D eigenvalue weighted by atomic mass is 10.4. The number of hydrogen-bond donors (Lipinski definition) is 0. The molecule has 0 atom stereocenters. The van der Waals surface area contributed by atoms with Gasteiger partial charge in [0.15, 0.2) is 0 Å². The summed E-state index contributed by atoms with van der Waals surface area (Å²) in [6.45, 7) is 0. The molecule has 10 heavy (non-hydrogen) atoms. The van der Waals surface area contributed by atoms with E-state index in [1.54, 1.807) is 11.3 Å². The van der Waals surface area contributed by atoms with Gasteiger partial charge >= 0.3 is 0 Å². The van der Waals surface area contributed by atoms with Gasteiger partial charge in [-0.2, -0.15) is 0 Å². The maximum atomic E-state index is 4.04. The van der Waals surface area contributed by atoms with Crippen LogP contribution in [0.2, 0.25) is 0 Å². The van der Waals surface area contributed by atoms with Gasteiger partial charge < -0.3 is 0 Å². The minimum absolute atomic E-state index is 1.08. The van der Waals surface area contributed by atoms with Crippen LogP contribution in [0.15, 0.2) is 28.3 Å². The van der Waals surface area contributed by atoms with Gasteiger partial charge in [-0.1, -0.05) is 0 Å². The predicted octanol–water partition coefficient (Wildman–Crippen LogP) is 3.06. The molecule has 0 aliphatic heterocycles. The van der Waals surface area contributed by atoms with E-state index in [2.05, 4.69) is 32.4 Å². The van der Waals surface area contributed by atoms with Gasteiger partial charge in [-0.3, -0.25) is 4.98 Å². The fourth-order valence-corrected chi connectivity index (χ4v) is 2.26. The van der Waals surface area contributed by atoms with Crippen LogP contribution in [-0.2, 0) is 0 Å². The number of hydrogen-bond acceptors (Lipinski definition) is 2. The second-order valence-corrected chi connectivity index (χ2v) is 3.73. The number of halogens is 1. The third-order valence-corrected chi connectivity index (χ3v) is 3.14. The molecule has 0 amide bonds. The molecule has 0 fully saturated rings. The second kappa shape index (κ2) is 2.32. The van der Waals surface area contributed by atoms with E-state index < -0.39 is 0 Å². The molecule has 0 saturated carbocycles. The summed E-state index contributed by atoms with van der Waals surface area (Å²) in [6, 6.07) is 2.07. The molecule has 0 aliphatic rings. The van der Waals surface area contributed by atoms with E-state index >= 15 is 0 Å². The largest absolute Gasteiger partial charge is 0.263 e. The normalized spacial score (nSPS) is 10.5. The van der Waals surface area contributed by atoms with Gasteiger partial charge in [-0.05, 0) is 27.4 Å². The van der Waals surface area contributed by atoms with Crippen molar-refractivity contribution in [1.82, 2.24) is 4.98 Å². The molecule has 2 aromatic heterocycles. The fourth-order valence-electron chi connectivity index (χ4n) is 0.857. The number of pyridine rings is 1. The highest BCUT2D eigenvalue weighted by Crippen LogP contribution is 2.26. The summed E-state index contributed by atoms with van der Waals surface area (Å²) in [4.78, 5) is 4.04. The first-order chi connectivity index (χ1) is 4.88. The Hall–Kier alpha value is -0.410. The van der Waals surface area contributed by atoms with E-state index in [9.17, 15) is 0 Å². The standard InChI is InChI=1S/C7H4BrNS/c8-6-4-9-3-5-1-2-10-7(5)6/h1-4H. The number of fused-ring (bicyclic) bond motifs is 1. The highest BCUT2D eigenvalue weighted by atomic mass is 79.9. The summed E-state index contributed by atoms with van der Waals surface area (Å²) >= 11 is 5.15. The molecule has 50 valence electrons. The lowest BCUT2D eigenvalue weighted by Gasteiger charge is -1.89. The molecule has 2 heterocycles. The van der Waals surface area contributed by atoms with Crippen molar-refractivity contribution in [3.05, 3.63) is 28.3 Å². The Morgan fingerprint density at radius 2 is 2.30 bits per heavy atom. The molecule has 0 aromatic carbocycles. The van der Waals surface area contributed by atoms with Gasteiger partial charge in [0.2, 0.25) is 0 Å². The quantitative estimate of drug-likeness (QED) is 0.656. The number of rotatable bonds is 0. The number of nitrogens with zero attached hydrogens (tertiary/aromatic N) is 1. The average molecular weight is 214 g/mol. The number of thiophene rings is 1. The molecule has 0 radical (unpaired) electrons. The fraction of sp³-hybridized carbons (Fsp3) is 0. The van der Waals surface area contributed by atoms with Crippen LogP contribution in [0.3, 0.4) is 0 Å². The Bertz CT molecular complexity index is 355. The Morgan fingerprint density at radius 1 is 1.40 bits per heavy atom. The van der Waals surface area contributed by atoms with Crippen LogP contribution in [0.1, 0.15) is 0 Å². The highest BCUT2D eigenvalue weighted by Gasteiger charge is 1.97. The van der Waals surface area contributed by atoms with E-state index in [0.717, 1.165) is 4.47 Å². The third kappa shape index (κ3) is 0.859. The Kier molecular flexibility index (Phi) is 1.47. The second-order valence-electron chi connectivity index (χ2n) is 1.96. The molecule has 2 rings (SSSR count). The zero-order valence-electron chi connectivity index (χ0n) is 5.04. The SMILES string of the molecule is Brc1cncc2ccsc12. The molecule has 0 unspecified atom stereocenters. The topological polar surface area (TPSA) is 12.9 Å². The minimum atomic E-state index is 1.08. The van der Waals surface area contributed by atoms with Crippen molar-refractivity contribution in [2.24, 2.45) is 0 Å². The van der Waals surface area contributed by atoms with Gasteiger partial charge in [0.05, 0.1) is 9.17 Å². The predicted molar refractivity (Wildman–Crippen MR) is 47.3 cm³/mol. The van der Waals surface area contributed by atoms with E-state index in [1.165, 1.54) is 10.1 Å². The number of aromatic nitrogens is 1. The van der Waals surface area contributed by atoms with Crippen LogP contribution in [-0.4, -0.2) is 4.98 Å². The molecule has 0 bridgehead atoms. The van der Waals surface area contributed by atoms with Gasteiger partial charge in [-0.15, -0.1) is 11.3 Å². The molecule has 0 spiro atoms. The van der Waals surface area contributed by atoms with Crippen molar-refractivity contribution in [2.75, 3.05) is 0 Å². The monoisotopic (exact) mass is 213 g/mol. The smallest absolute Gasteiger partial charge is 0.0537 e. The first kappa shape index (κ1) is 6.31. The van der Waals surface area contributed by atoms with Crippen LogP contribution >= 0.6 is 27.3 Å². The Morgan fingerprint density at radius 3 is 3.10 bits per heavy atom. The summed E-state index contributed by atoms with van der Waals surface area (Å²) in [5, 5.41) is 3.27. The summed E-state index contributed by atoms with van der Waals surface area (Å²) < 4.78 is 2.36. The minimum Gasteiger partial charge on any atom is -0.263 e. The molecule has 1 nitrogen and oxygen atoms in total. The van der Waals surface area contributed by atoms with Crippen LogP contribution in [0.25, 0.3) is 10.1 Å². The maximum absolute atomic E-state index is 4.04. The highest BCUT2D eigenvalue weighted by molar-refractivity contribution is 9.10. The molecule has 2 aromatic rings. The van der Waals surface area contributed by atoms with Crippen molar-refractivity contribution in [1.29, 1.82) is 0 Å². The van der Waals surface area contributed by atoms with Crippen molar-refractivity contribution < 1.29 is 0 Å². The van der Waals surface area contributed by atoms with E-state index in [1.807, 2.05) is 12.4 Å². The van der Waals surface area contributed by atoms with E-state index in [-0.39, 0.29) is 0 Å². The molecular formula is C7H4BrNS. The Balaban J connectivity index is 2.95. The van der Waals surface area contributed by atoms with Crippen LogP contribution in [0.4, 0.5) is 0 Å². The van der Waals surface area contributed by atoms with E-state index in [4.69, 9.17) is 0 Å². The first-order valence-electron chi connectivity index (χ1n) is 2.84. The van der Waals surface area contributed by atoms with Crippen LogP contribution in [0, 0.1) is 0 Å². The van der Waals surface area contributed by atoms with Crippen molar-refractivity contribution in [3.8, 4) is 0 Å². The molecule has 3 heteroatoms. The summed E-state index contributed by atoms with van der Waals surface area (Å²) in [5.74, 6) is 0. The summed E-state index contributed by atoms with van der Waals surface area (Å²) in [7, 11) is 0. The van der Waals surface area contributed by atoms with Gasteiger partial charge in [0.1, 0.15) is 0 Å². The third-order valence-electron chi connectivity index (χ3n) is 1.31. The maximum Gasteiger partial charge on any atom is 0.0537 e. The van der Waals surface area contributed by atoms with Crippen molar-refractivity contribution >= 4 is 37.4 Å². The zero-order valence-corrected chi connectivity index (χ0v) is 7.45. The zero-order chi connectivity index (χ0) is 6.97. The van der Waals surface area contributed by atoms with Gasteiger partial charge in [-0.25, -0.2) is 0 Å². The molecule has 0 aliphatic carbocycles. The lowest BCUT2D eigenvalue weighted by Crippen LogP contribution is -1.69. The average Bonchev–Trinajstić information content (AvgIpc) is 2.36. The van der Waals surface area contributed by atoms with E-state index in [0.29, 0.717) is 0 Å². The molecule has 0 saturated heterocycles. The van der Waals surface area contributed by atoms with Gasteiger partial charge in [0.25, 0.3) is 0 Å². The summed E-state index contributed by atoms with van der Waals surface area (Å²) in [5.41, 5.74) is 0. The van der Waals surface area contributed by atoms with Crippen LogP contribution < -0.4 is 0 Å². The van der Waals surface area contributed by atoms with Crippen molar-refractivity contribution in [2.45, 2.75) is 0 Å². The summed E-state index contributed by atoms with van der Waals surface area (Å²) in [6.07, 6.45) is 3.69.